The number of aromatic nitrogens is 1. The molecular weight excluding hydrogens is 250 g/mol. The van der Waals surface area contributed by atoms with Crippen LogP contribution in [-0.4, -0.2) is 48.6 Å². The van der Waals surface area contributed by atoms with Gasteiger partial charge in [-0.05, 0) is 13.8 Å². The fourth-order valence-corrected chi connectivity index (χ4v) is 2.97. The smallest absolute Gasteiger partial charge is 0.350 e. The number of carbonyl (C=O) groups excluding carboxylic acids is 1. The zero-order valence-electron chi connectivity index (χ0n) is 10.9. The van der Waals surface area contributed by atoms with E-state index in [4.69, 9.17) is 4.74 Å². The van der Waals surface area contributed by atoms with Gasteiger partial charge in [-0.2, -0.15) is 0 Å². The van der Waals surface area contributed by atoms with Crippen LogP contribution in [0.1, 0.15) is 27.3 Å². The third-order valence-corrected chi connectivity index (χ3v) is 3.99. The predicted molar refractivity (Wildman–Crippen MR) is 71.0 cm³/mol. The summed E-state index contributed by atoms with van der Waals surface area (Å²) < 4.78 is 5.02. The Kier molecular flexibility index (Phi) is 4.68. The molecule has 0 atom stereocenters. The summed E-state index contributed by atoms with van der Waals surface area (Å²) in [4.78, 5) is 19.2. The molecule has 0 unspecified atom stereocenters. The number of rotatable bonds is 4. The first-order chi connectivity index (χ1) is 8.70. The second-order valence-electron chi connectivity index (χ2n) is 4.27. The molecule has 2 rings (SSSR count). The van der Waals surface area contributed by atoms with Crippen molar-refractivity contribution in [2.75, 3.05) is 32.8 Å². The summed E-state index contributed by atoms with van der Waals surface area (Å²) in [5, 5.41) is 4.32. The highest BCUT2D eigenvalue weighted by Crippen LogP contribution is 2.20. The number of aryl methyl sites for hydroxylation is 1. The third-order valence-electron chi connectivity index (χ3n) is 2.87. The van der Waals surface area contributed by atoms with Crippen LogP contribution in [-0.2, 0) is 11.3 Å². The van der Waals surface area contributed by atoms with Crippen LogP contribution >= 0.6 is 11.3 Å². The van der Waals surface area contributed by atoms with Gasteiger partial charge in [0, 0.05) is 26.2 Å². The average molecular weight is 269 g/mol. The standard InChI is InChI=1S/C12H19N3O2S/c1-3-17-12(16)11-9(2)14-10(18-11)8-15-6-4-13-5-7-15/h13H,3-8H2,1-2H3. The van der Waals surface area contributed by atoms with Gasteiger partial charge in [-0.3, -0.25) is 4.90 Å². The second kappa shape index (κ2) is 6.26. The van der Waals surface area contributed by atoms with Crippen LogP contribution in [0.3, 0.4) is 0 Å². The molecule has 0 spiro atoms. The minimum absolute atomic E-state index is 0.251. The van der Waals surface area contributed by atoms with Crippen molar-refractivity contribution >= 4 is 17.3 Å². The van der Waals surface area contributed by atoms with E-state index in [0.717, 1.165) is 43.4 Å². The molecule has 5 nitrogen and oxygen atoms in total. The van der Waals surface area contributed by atoms with Crippen LogP contribution in [0.4, 0.5) is 0 Å². The molecule has 1 aliphatic heterocycles. The Bertz CT molecular complexity index is 413. The quantitative estimate of drug-likeness (QED) is 0.828. The van der Waals surface area contributed by atoms with Gasteiger partial charge in [0.25, 0.3) is 0 Å². The van der Waals surface area contributed by atoms with Crippen LogP contribution in [0.25, 0.3) is 0 Å². The Morgan fingerprint density at radius 2 is 2.22 bits per heavy atom. The molecule has 2 heterocycles. The second-order valence-corrected chi connectivity index (χ2v) is 5.35. The highest BCUT2D eigenvalue weighted by molar-refractivity contribution is 7.13. The Balaban J connectivity index is 2.01. The molecule has 0 amide bonds. The van der Waals surface area contributed by atoms with Gasteiger partial charge in [0.05, 0.1) is 18.8 Å². The molecule has 0 aliphatic carbocycles. The van der Waals surface area contributed by atoms with Crippen molar-refractivity contribution in [1.29, 1.82) is 0 Å². The van der Waals surface area contributed by atoms with Crippen LogP contribution in [0, 0.1) is 6.92 Å². The lowest BCUT2D eigenvalue weighted by Gasteiger charge is -2.26. The minimum Gasteiger partial charge on any atom is -0.462 e. The van der Waals surface area contributed by atoms with Crippen LogP contribution in [0.5, 0.6) is 0 Å². The van der Waals surface area contributed by atoms with E-state index in [2.05, 4.69) is 15.2 Å². The minimum atomic E-state index is -0.251. The SMILES string of the molecule is CCOC(=O)c1sc(CN2CCNCC2)nc1C. The van der Waals surface area contributed by atoms with Crippen molar-refractivity contribution in [2.45, 2.75) is 20.4 Å². The van der Waals surface area contributed by atoms with Crippen LogP contribution in [0.2, 0.25) is 0 Å². The average Bonchev–Trinajstić information content (AvgIpc) is 2.72. The molecule has 100 valence electrons. The van der Waals surface area contributed by atoms with Gasteiger partial charge in [0.2, 0.25) is 0 Å². The first kappa shape index (κ1) is 13.5. The highest BCUT2D eigenvalue weighted by atomic mass is 32.1. The maximum atomic E-state index is 11.7. The number of thiazole rings is 1. The van der Waals surface area contributed by atoms with E-state index in [1.54, 1.807) is 0 Å². The van der Waals surface area contributed by atoms with Crippen molar-refractivity contribution in [3.05, 3.63) is 15.6 Å². The summed E-state index contributed by atoms with van der Waals surface area (Å²) >= 11 is 1.45. The monoisotopic (exact) mass is 269 g/mol. The number of carbonyl (C=O) groups is 1. The van der Waals surface area contributed by atoms with E-state index in [1.807, 2.05) is 13.8 Å². The number of nitrogens with zero attached hydrogens (tertiary/aromatic N) is 2. The van der Waals surface area contributed by atoms with Gasteiger partial charge in [-0.25, -0.2) is 9.78 Å². The zero-order valence-corrected chi connectivity index (χ0v) is 11.7. The van der Waals surface area contributed by atoms with Gasteiger partial charge in [-0.15, -0.1) is 11.3 Å². The summed E-state index contributed by atoms with van der Waals surface area (Å²) in [6, 6.07) is 0. The van der Waals surface area contributed by atoms with E-state index in [-0.39, 0.29) is 5.97 Å². The number of hydrogen-bond acceptors (Lipinski definition) is 6. The topological polar surface area (TPSA) is 54.5 Å². The summed E-state index contributed by atoms with van der Waals surface area (Å²) in [5.74, 6) is -0.251. The van der Waals surface area contributed by atoms with Crippen molar-refractivity contribution in [1.82, 2.24) is 15.2 Å². The normalized spacial score (nSPS) is 16.8. The number of piperazine rings is 1. The largest absolute Gasteiger partial charge is 0.462 e. The molecule has 1 saturated heterocycles. The molecule has 0 radical (unpaired) electrons. The van der Waals surface area contributed by atoms with Crippen molar-refractivity contribution < 1.29 is 9.53 Å². The van der Waals surface area contributed by atoms with Crippen molar-refractivity contribution in [2.24, 2.45) is 0 Å². The Morgan fingerprint density at radius 1 is 1.50 bits per heavy atom. The van der Waals surface area contributed by atoms with Gasteiger partial charge in [0.1, 0.15) is 9.88 Å². The Hall–Kier alpha value is -0.980. The number of hydrogen-bond donors (Lipinski definition) is 1. The molecule has 0 saturated carbocycles. The summed E-state index contributed by atoms with van der Waals surface area (Å²) in [6.45, 7) is 9.03. The van der Waals surface area contributed by atoms with E-state index in [0.29, 0.717) is 11.5 Å². The maximum Gasteiger partial charge on any atom is 0.350 e. The van der Waals surface area contributed by atoms with Gasteiger partial charge in [0.15, 0.2) is 0 Å². The molecule has 1 aliphatic rings. The lowest BCUT2D eigenvalue weighted by atomic mass is 10.3. The van der Waals surface area contributed by atoms with Crippen LogP contribution < -0.4 is 5.32 Å². The molecule has 1 fully saturated rings. The molecule has 0 aromatic carbocycles. The number of esters is 1. The van der Waals surface area contributed by atoms with E-state index in [9.17, 15) is 4.79 Å². The van der Waals surface area contributed by atoms with E-state index in [1.165, 1.54) is 11.3 Å². The fraction of sp³-hybridized carbons (Fsp3) is 0.667. The third kappa shape index (κ3) is 3.28. The lowest BCUT2D eigenvalue weighted by Crippen LogP contribution is -2.42. The zero-order chi connectivity index (χ0) is 13.0. The van der Waals surface area contributed by atoms with Gasteiger partial charge < -0.3 is 10.1 Å². The summed E-state index contributed by atoms with van der Waals surface area (Å²) in [7, 11) is 0. The lowest BCUT2D eigenvalue weighted by molar-refractivity contribution is 0.0531. The maximum absolute atomic E-state index is 11.7. The Labute approximate surface area is 111 Å². The van der Waals surface area contributed by atoms with E-state index < -0.39 is 0 Å². The predicted octanol–water partition coefficient (Wildman–Crippen LogP) is 1.03. The molecule has 1 aromatic heterocycles. The first-order valence-electron chi connectivity index (χ1n) is 6.27. The molecule has 1 N–H and O–H groups in total. The molecule has 1 aromatic rings. The Morgan fingerprint density at radius 3 is 2.89 bits per heavy atom. The van der Waals surface area contributed by atoms with Crippen molar-refractivity contribution in [3.63, 3.8) is 0 Å². The number of ether oxygens (including phenoxy) is 1. The molecule has 6 heteroatoms. The van der Waals surface area contributed by atoms with Gasteiger partial charge >= 0.3 is 5.97 Å². The molecule has 18 heavy (non-hydrogen) atoms. The van der Waals surface area contributed by atoms with Crippen molar-refractivity contribution in [3.8, 4) is 0 Å². The summed E-state index contributed by atoms with van der Waals surface area (Å²) in [5.41, 5.74) is 0.781. The molecule has 0 bridgehead atoms. The van der Waals surface area contributed by atoms with E-state index >= 15 is 0 Å². The van der Waals surface area contributed by atoms with Crippen LogP contribution in [0.15, 0.2) is 0 Å². The molecular formula is C12H19N3O2S. The number of nitrogens with one attached hydrogen (secondary N) is 1. The fourth-order valence-electron chi connectivity index (χ4n) is 1.97. The highest BCUT2D eigenvalue weighted by Gasteiger charge is 2.18. The summed E-state index contributed by atoms with van der Waals surface area (Å²) in [6.07, 6.45) is 0. The van der Waals surface area contributed by atoms with Gasteiger partial charge in [-0.1, -0.05) is 0 Å². The first-order valence-corrected chi connectivity index (χ1v) is 7.09.